The van der Waals surface area contributed by atoms with E-state index in [1.165, 1.54) is 10.1 Å². The van der Waals surface area contributed by atoms with Crippen molar-refractivity contribution in [3.63, 3.8) is 0 Å². The highest BCUT2D eigenvalue weighted by Gasteiger charge is 1.98. The molecule has 18 heavy (non-hydrogen) atoms. The number of carboxylic acid groups (broad SMARTS) is 1. The van der Waals surface area contributed by atoms with Crippen molar-refractivity contribution in [2.24, 2.45) is 0 Å². The number of fused-ring (bicyclic) bond motifs is 1. The molecule has 2 aromatic rings. The maximum Gasteiger partial charge on any atom is 0.303 e. The molecule has 0 saturated carbocycles. The number of benzene rings is 1. The van der Waals surface area contributed by atoms with Crippen LogP contribution in [0.1, 0.15) is 25.7 Å². The second-order valence-corrected chi connectivity index (χ2v) is 5.25. The van der Waals surface area contributed by atoms with Crippen LogP contribution in [0, 0.1) is 0 Å². The zero-order valence-corrected chi connectivity index (χ0v) is 11.0. The van der Waals surface area contributed by atoms with Crippen molar-refractivity contribution in [1.29, 1.82) is 0 Å². The van der Waals surface area contributed by atoms with E-state index in [1.807, 2.05) is 0 Å². The van der Waals surface area contributed by atoms with Crippen LogP contribution in [0.25, 0.3) is 10.1 Å². The normalized spacial score (nSPS) is 10.7. The smallest absolute Gasteiger partial charge is 0.303 e. The molecule has 0 aliphatic heterocycles. The third-order valence-electron chi connectivity index (χ3n) is 2.85. The molecule has 0 atom stereocenters. The van der Waals surface area contributed by atoms with Crippen LogP contribution >= 0.6 is 11.3 Å². The number of hydrogen-bond donors (Lipinski definition) is 2. The Hall–Kier alpha value is -1.55. The monoisotopic (exact) mass is 263 g/mol. The Kier molecular flexibility index (Phi) is 4.59. The summed E-state index contributed by atoms with van der Waals surface area (Å²) in [6.45, 7) is 0.898. The van der Waals surface area contributed by atoms with Gasteiger partial charge in [0.25, 0.3) is 0 Å². The van der Waals surface area contributed by atoms with Crippen molar-refractivity contribution in [3.8, 4) is 0 Å². The average molecular weight is 263 g/mol. The minimum Gasteiger partial charge on any atom is -0.481 e. The molecule has 4 heteroatoms. The zero-order chi connectivity index (χ0) is 12.8. The Labute approximate surface area is 110 Å². The van der Waals surface area contributed by atoms with Crippen molar-refractivity contribution in [2.45, 2.75) is 25.7 Å². The first-order chi connectivity index (χ1) is 8.75. The molecule has 0 radical (unpaired) electrons. The largest absolute Gasteiger partial charge is 0.481 e. The van der Waals surface area contributed by atoms with Crippen LogP contribution in [-0.4, -0.2) is 17.6 Å². The van der Waals surface area contributed by atoms with Gasteiger partial charge in [-0.05, 0) is 47.9 Å². The number of carboxylic acids is 1. The lowest BCUT2D eigenvalue weighted by atomic mass is 10.2. The zero-order valence-electron chi connectivity index (χ0n) is 10.2. The topological polar surface area (TPSA) is 49.3 Å². The Morgan fingerprint density at radius 3 is 2.94 bits per heavy atom. The van der Waals surface area contributed by atoms with Crippen molar-refractivity contribution < 1.29 is 9.90 Å². The fraction of sp³-hybridized carbons (Fsp3) is 0.357. The molecule has 0 saturated heterocycles. The molecule has 0 spiro atoms. The highest BCUT2D eigenvalue weighted by Crippen LogP contribution is 2.23. The SMILES string of the molecule is O=C(O)CCCCCNc1ccc2sccc2c1. The fourth-order valence-electron chi connectivity index (χ4n) is 1.89. The number of hydrogen-bond acceptors (Lipinski definition) is 3. The van der Waals surface area contributed by atoms with Gasteiger partial charge >= 0.3 is 5.97 Å². The number of anilines is 1. The number of aliphatic carboxylic acids is 1. The number of unbranched alkanes of at least 4 members (excludes halogenated alkanes) is 2. The van der Waals surface area contributed by atoms with Crippen LogP contribution in [0.15, 0.2) is 29.6 Å². The average Bonchev–Trinajstić information content (AvgIpc) is 2.80. The summed E-state index contributed by atoms with van der Waals surface area (Å²) in [5.41, 5.74) is 1.14. The van der Waals surface area contributed by atoms with Gasteiger partial charge < -0.3 is 10.4 Å². The number of rotatable bonds is 7. The molecular weight excluding hydrogens is 246 g/mol. The number of carbonyl (C=O) groups is 1. The molecule has 0 unspecified atom stereocenters. The Bertz CT molecular complexity index is 521. The Morgan fingerprint density at radius 1 is 1.22 bits per heavy atom. The van der Waals surface area contributed by atoms with Crippen molar-refractivity contribution >= 4 is 33.1 Å². The molecule has 0 fully saturated rings. The van der Waals surface area contributed by atoms with E-state index in [4.69, 9.17) is 5.11 Å². The van der Waals surface area contributed by atoms with Crippen molar-refractivity contribution in [3.05, 3.63) is 29.6 Å². The van der Waals surface area contributed by atoms with E-state index in [9.17, 15) is 4.79 Å². The van der Waals surface area contributed by atoms with Crippen LogP contribution in [0.3, 0.4) is 0 Å². The van der Waals surface area contributed by atoms with E-state index in [2.05, 4.69) is 35.0 Å². The van der Waals surface area contributed by atoms with Crippen LogP contribution in [-0.2, 0) is 4.79 Å². The van der Waals surface area contributed by atoms with Gasteiger partial charge in [0, 0.05) is 23.4 Å². The van der Waals surface area contributed by atoms with Gasteiger partial charge in [-0.15, -0.1) is 11.3 Å². The van der Waals surface area contributed by atoms with Gasteiger partial charge in [0.05, 0.1) is 0 Å². The van der Waals surface area contributed by atoms with Crippen LogP contribution in [0.5, 0.6) is 0 Å². The molecule has 1 aromatic carbocycles. The molecule has 0 bridgehead atoms. The molecule has 2 N–H and O–H groups in total. The number of nitrogens with one attached hydrogen (secondary N) is 1. The first-order valence-electron chi connectivity index (χ1n) is 6.18. The minimum atomic E-state index is -0.703. The summed E-state index contributed by atoms with van der Waals surface area (Å²) >= 11 is 1.75. The van der Waals surface area contributed by atoms with Gasteiger partial charge in [-0.25, -0.2) is 0 Å². The van der Waals surface area contributed by atoms with Gasteiger partial charge in [-0.1, -0.05) is 6.42 Å². The number of thiophene rings is 1. The summed E-state index contributed by atoms with van der Waals surface area (Å²) in [7, 11) is 0. The van der Waals surface area contributed by atoms with E-state index in [-0.39, 0.29) is 6.42 Å². The Morgan fingerprint density at radius 2 is 2.11 bits per heavy atom. The predicted octanol–water partition coefficient (Wildman–Crippen LogP) is 3.96. The minimum absolute atomic E-state index is 0.279. The lowest BCUT2D eigenvalue weighted by molar-refractivity contribution is -0.137. The van der Waals surface area contributed by atoms with Gasteiger partial charge in [0.1, 0.15) is 0 Å². The third kappa shape index (κ3) is 3.74. The summed E-state index contributed by atoms with van der Waals surface area (Å²) in [6, 6.07) is 8.50. The fourth-order valence-corrected chi connectivity index (χ4v) is 2.66. The predicted molar refractivity (Wildman–Crippen MR) is 76.4 cm³/mol. The summed E-state index contributed by atoms with van der Waals surface area (Å²) in [4.78, 5) is 10.3. The first-order valence-corrected chi connectivity index (χ1v) is 7.06. The highest BCUT2D eigenvalue weighted by atomic mass is 32.1. The van der Waals surface area contributed by atoms with Crippen LogP contribution < -0.4 is 5.32 Å². The summed E-state index contributed by atoms with van der Waals surface area (Å²) in [5, 5.41) is 15.3. The molecule has 2 rings (SSSR count). The van der Waals surface area contributed by atoms with E-state index in [0.29, 0.717) is 0 Å². The van der Waals surface area contributed by atoms with Gasteiger partial charge in [0.2, 0.25) is 0 Å². The van der Waals surface area contributed by atoms with E-state index in [0.717, 1.165) is 31.5 Å². The molecule has 1 aromatic heterocycles. The molecule has 3 nitrogen and oxygen atoms in total. The van der Waals surface area contributed by atoms with Gasteiger partial charge in [0.15, 0.2) is 0 Å². The van der Waals surface area contributed by atoms with Crippen LogP contribution in [0.2, 0.25) is 0 Å². The maximum atomic E-state index is 10.3. The Balaban J connectivity index is 1.71. The molecule has 96 valence electrons. The maximum absolute atomic E-state index is 10.3. The van der Waals surface area contributed by atoms with E-state index < -0.39 is 5.97 Å². The quantitative estimate of drug-likeness (QED) is 0.743. The summed E-state index contributed by atoms with van der Waals surface area (Å²) < 4.78 is 1.31. The molecule has 0 aliphatic carbocycles. The van der Waals surface area contributed by atoms with Crippen molar-refractivity contribution in [2.75, 3.05) is 11.9 Å². The summed E-state index contributed by atoms with van der Waals surface area (Å²) in [6.07, 6.45) is 3.01. The lowest BCUT2D eigenvalue weighted by Crippen LogP contribution is -2.02. The van der Waals surface area contributed by atoms with Gasteiger partial charge in [-0.2, -0.15) is 0 Å². The standard InChI is InChI=1S/C14H17NO2S/c16-14(17)4-2-1-3-8-15-12-5-6-13-11(10-12)7-9-18-13/h5-7,9-10,15H,1-4,8H2,(H,16,17). The lowest BCUT2D eigenvalue weighted by Gasteiger charge is -2.06. The highest BCUT2D eigenvalue weighted by molar-refractivity contribution is 7.17. The molecular formula is C14H17NO2S. The van der Waals surface area contributed by atoms with Crippen molar-refractivity contribution in [1.82, 2.24) is 0 Å². The third-order valence-corrected chi connectivity index (χ3v) is 3.75. The van der Waals surface area contributed by atoms with Gasteiger partial charge in [-0.3, -0.25) is 4.79 Å². The van der Waals surface area contributed by atoms with E-state index >= 15 is 0 Å². The molecule has 0 aliphatic rings. The second-order valence-electron chi connectivity index (χ2n) is 4.30. The molecule has 1 heterocycles. The first kappa shape index (κ1) is 12.9. The summed E-state index contributed by atoms with van der Waals surface area (Å²) in [5.74, 6) is -0.703. The molecule has 0 amide bonds. The van der Waals surface area contributed by atoms with E-state index in [1.54, 1.807) is 11.3 Å². The van der Waals surface area contributed by atoms with Crippen LogP contribution in [0.4, 0.5) is 5.69 Å². The second kappa shape index (κ2) is 6.40.